The molecule has 2 aromatic rings. The van der Waals surface area contributed by atoms with Crippen LogP contribution in [-0.4, -0.2) is 37.0 Å². The Hall–Kier alpha value is -3.19. The molecule has 1 heterocycles. The zero-order valence-corrected chi connectivity index (χ0v) is 17.4. The maximum absolute atomic E-state index is 12.8. The van der Waals surface area contributed by atoms with Gasteiger partial charge in [0.25, 0.3) is 5.91 Å². The highest BCUT2D eigenvalue weighted by atomic mass is 16.5. The number of anilines is 2. The van der Waals surface area contributed by atoms with E-state index in [0.29, 0.717) is 23.8 Å². The molecule has 0 spiro atoms. The molecule has 158 valence electrons. The Labute approximate surface area is 176 Å². The lowest BCUT2D eigenvalue weighted by atomic mass is 10.1. The molecule has 0 aliphatic carbocycles. The molecule has 7 heteroatoms. The van der Waals surface area contributed by atoms with Crippen LogP contribution in [0.15, 0.2) is 53.5 Å². The van der Waals surface area contributed by atoms with Crippen molar-refractivity contribution >= 4 is 29.1 Å². The van der Waals surface area contributed by atoms with Crippen LogP contribution in [0.1, 0.15) is 42.6 Å². The summed E-state index contributed by atoms with van der Waals surface area (Å²) in [6.07, 6.45) is 3.03. The molecule has 3 rings (SSSR count). The molecule has 2 amide bonds. The molecule has 1 atom stereocenters. The second kappa shape index (κ2) is 10.5. The third-order valence-electron chi connectivity index (χ3n) is 4.78. The van der Waals surface area contributed by atoms with Gasteiger partial charge in [0.05, 0.1) is 12.6 Å². The van der Waals surface area contributed by atoms with Crippen LogP contribution < -0.4 is 16.0 Å². The molecule has 7 nitrogen and oxygen atoms in total. The molecule has 0 radical (unpaired) electrons. The first-order valence-corrected chi connectivity index (χ1v) is 10.2. The molecule has 1 fully saturated rings. The highest BCUT2D eigenvalue weighted by Gasteiger charge is 2.16. The fourth-order valence-corrected chi connectivity index (χ4v) is 3.17. The van der Waals surface area contributed by atoms with Gasteiger partial charge in [-0.1, -0.05) is 25.1 Å². The van der Waals surface area contributed by atoms with Gasteiger partial charge in [0, 0.05) is 30.5 Å². The second-order valence-electron chi connectivity index (χ2n) is 7.22. The first-order valence-electron chi connectivity index (χ1n) is 10.2. The Balaban J connectivity index is 1.74. The minimum absolute atomic E-state index is 0.0734. The van der Waals surface area contributed by atoms with E-state index in [1.165, 1.54) is 12.5 Å². The second-order valence-corrected chi connectivity index (χ2v) is 7.22. The molecular weight excluding hydrogens is 380 g/mol. The quantitative estimate of drug-likeness (QED) is 0.503. The summed E-state index contributed by atoms with van der Waals surface area (Å²) < 4.78 is 5.64. The standard InChI is InChI=1S/C23H28N4O3/c1-3-17-9-11-19(12-10-17)26-23(24-15-21-8-5-13-30-21)27-22(29)18-6-4-7-20(14-18)25-16(2)28/h4,6-7,9-12,14,21H,3,5,8,13,15H2,1-2H3,(H,25,28)(H2,24,26,27,29). The van der Waals surface area contributed by atoms with Gasteiger partial charge in [-0.3, -0.25) is 14.9 Å². The zero-order valence-electron chi connectivity index (χ0n) is 17.4. The van der Waals surface area contributed by atoms with Crippen LogP contribution in [0.2, 0.25) is 0 Å². The summed E-state index contributed by atoms with van der Waals surface area (Å²) in [4.78, 5) is 28.6. The molecule has 1 unspecified atom stereocenters. The van der Waals surface area contributed by atoms with Crippen LogP contribution in [0.3, 0.4) is 0 Å². The molecule has 3 N–H and O–H groups in total. The number of carbonyl (C=O) groups excluding carboxylic acids is 2. The highest BCUT2D eigenvalue weighted by molar-refractivity contribution is 6.10. The summed E-state index contributed by atoms with van der Waals surface area (Å²) in [5.41, 5.74) is 3.06. The number of rotatable bonds is 6. The van der Waals surface area contributed by atoms with Gasteiger partial charge in [-0.05, 0) is 55.2 Å². The van der Waals surface area contributed by atoms with E-state index in [4.69, 9.17) is 4.74 Å². The molecule has 2 aromatic carbocycles. The summed E-state index contributed by atoms with van der Waals surface area (Å²) in [5, 5.41) is 8.73. The van der Waals surface area contributed by atoms with Crippen molar-refractivity contribution in [1.29, 1.82) is 0 Å². The van der Waals surface area contributed by atoms with Gasteiger partial charge in [-0.25, -0.2) is 4.99 Å². The average Bonchev–Trinajstić information content (AvgIpc) is 3.26. The monoisotopic (exact) mass is 408 g/mol. The van der Waals surface area contributed by atoms with Crippen LogP contribution in [0, 0.1) is 0 Å². The van der Waals surface area contributed by atoms with Crippen molar-refractivity contribution in [3.05, 3.63) is 59.7 Å². The first-order chi connectivity index (χ1) is 14.5. The Morgan fingerprint density at radius 1 is 1.10 bits per heavy atom. The maximum Gasteiger partial charge on any atom is 0.258 e. The summed E-state index contributed by atoms with van der Waals surface area (Å²) in [7, 11) is 0. The lowest BCUT2D eigenvalue weighted by Crippen LogP contribution is -2.36. The van der Waals surface area contributed by atoms with Crippen LogP contribution in [-0.2, 0) is 16.0 Å². The van der Waals surface area contributed by atoms with Crippen LogP contribution >= 0.6 is 0 Å². The molecule has 1 aliphatic heterocycles. The van der Waals surface area contributed by atoms with E-state index in [9.17, 15) is 9.59 Å². The van der Waals surface area contributed by atoms with Crippen molar-refractivity contribution in [3.63, 3.8) is 0 Å². The predicted molar refractivity (Wildman–Crippen MR) is 119 cm³/mol. The van der Waals surface area contributed by atoms with Gasteiger partial charge in [-0.2, -0.15) is 0 Å². The van der Waals surface area contributed by atoms with Crippen molar-refractivity contribution in [2.75, 3.05) is 23.8 Å². The van der Waals surface area contributed by atoms with Crippen LogP contribution in [0.5, 0.6) is 0 Å². The van der Waals surface area contributed by atoms with Gasteiger partial charge >= 0.3 is 0 Å². The zero-order chi connectivity index (χ0) is 21.3. The number of carbonyl (C=O) groups is 2. The summed E-state index contributed by atoms with van der Waals surface area (Å²) in [6, 6.07) is 14.8. The molecule has 30 heavy (non-hydrogen) atoms. The van der Waals surface area contributed by atoms with Crippen molar-refractivity contribution in [2.45, 2.75) is 39.2 Å². The van der Waals surface area contributed by atoms with E-state index in [1.54, 1.807) is 24.3 Å². The van der Waals surface area contributed by atoms with Crippen molar-refractivity contribution < 1.29 is 14.3 Å². The molecular formula is C23H28N4O3. The number of nitrogens with zero attached hydrogens (tertiary/aromatic N) is 1. The topological polar surface area (TPSA) is 91.8 Å². The number of benzene rings is 2. The average molecular weight is 409 g/mol. The van der Waals surface area contributed by atoms with E-state index in [1.807, 2.05) is 24.3 Å². The number of nitrogens with one attached hydrogen (secondary N) is 3. The summed E-state index contributed by atoms with van der Waals surface area (Å²) in [5.74, 6) is -0.140. The fourth-order valence-electron chi connectivity index (χ4n) is 3.17. The van der Waals surface area contributed by atoms with Crippen LogP contribution in [0.4, 0.5) is 11.4 Å². The van der Waals surface area contributed by atoms with Gasteiger partial charge < -0.3 is 15.4 Å². The van der Waals surface area contributed by atoms with Gasteiger partial charge in [0.1, 0.15) is 0 Å². The number of ether oxygens (including phenoxy) is 1. The summed E-state index contributed by atoms with van der Waals surface area (Å²) >= 11 is 0. The minimum Gasteiger partial charge on any atom is -0.376 e. The van der Waals surface area contributed by atoms with Gasteiger partial charge in [0.2, 0.25) is 11.9 Å². The third kappa shape index (κ3) is 6.42. The number of amides is 2. The lowest BCUT2D eigenvalue weighted by Gasteiger charge is -2.14. The number of guanidine groups is 1. The predicted octanol–water partition coefficient (Wildman–Crippen LogP) is 3.58. The Kier molecular flexibility index (Phi) is 7.57. The van der Waals surface area contributed by atoms with Crippen LogP contribution in [0.25, 0.3) is 0 Å². The number of hydrogen-bond donors (Lipinski definition) is 3. The Bertz CT molecular complexity index is 903. The Morgan fingerprint density at radius 3 is 2.57 bits per heavy atom. The van der Waals surface area contributed by atoms with Crippen molar-refractivity contribution in [3.8, 4) is 0 Å². The van der Waals surface area contributed by atoms with E-state index < -0.39 is 0 Å². The number of aryl methyl sites for hydroxylation is 1. The molecule has 1 aliphatic rings. The number of aliphatic imine (C=N–C) groups is 1. The first kappa shape index (κ1) is 21.5. The van der Waals surface area contributed by atoms with E-state index in [2.05, 4.69) is 27.9 Å². The van der Waals surface area contributed by atoms with E-state index in [-0.39, 0.29) is 17.9 Å². The summed E-state index contributed by atoms with van der Waals surface area (Å²) in [6.45, 7) is 4.76. The maximum atomic E-state index is 12.8. The number of hydrogen-bond acceptors (Lipinski definition) is 4. The normalized spacial score (nSPS) is 16.2. The van der Waals surface area contributed by atoms with E-state index >= 15 is 0 Å². The van der Waals surface area contributed by atoms with Gasteiger partial charge in [-0.15, -0.1) is 0 Å². The third-order valence-corrected chi connectivity index (χ3v) is 4.78. The lowest BCUT2D eigenvalue weighted by molar-refractivity contribution is -0.114. The molecule has 0 bridgehead atoms. The Morgan fingerprint density at radius 2 is 1.90 bits per heavy atom. The van der Waals surface area contributed by atoms with Crippen molar-refractivity contribution in [2.24, 2.45) is 4.99 Å². The fraction of sp³-hybridized carbons (Fsp3) is 0.348. The molecule has 1 saturated heterocycles. The smallest absolute Gasteiger partial charge is 0.258 e. The van der Waals surface area contributed by atoms with Crippen molar-refractivity contribution in [1.82, 2.24) is 5.32 Å². The minimum atomic E-state index is -0.314. The highest BCUT2D eigenvalue weighted by Crippen LogP contribution is 2.14. The largest absolute Gasteiger partial charge is 0.376 e. The van der Waals surface area contributed by atoms with E-state index in [0.717, 1.165) is 31.6 Å². The SMILES string of the molecule is CCc1ccc(NC(=NCC2CCCO2)NC(=O)c2cccc(NC(C)=O)c2)cc1. The molecule has 0 saturated carbocycles. The molecule has 0 aromatic heterocycles. The van der Waals surface area contributed by atoms with Gasteiger partial charge in [0.15, 0.2) is 0 Å².